The summed E-state index contributed by atoms with van der Waals surface area (Å²) >= 11 is 0. The highest BCUT2D eigenvalue weighted by Gasteiger charge is 2.09. The van der Waals surface area contributed by atoms with E-state index in [0.29, 0.717) is 5.92 Å². The first-order valence-electron chi connectivity index (χ1n) is 8.20. The van der Waals surface area contributed by atoms with Gasteiger partial charge in [0.2, 0.25) is 0 Å². The molecule has 0 radical (unpaired) electrons. The normalized spacial score (nSPS) is 18.7. The first-order chi connectivity index (χ1) is 8.90. The Morgan fingerprint density at radius 3 is 2.21 bits per heavy atom. The monoisotopic (exact) mass is 264 g/mol. The number of hydrogen-bond donors (Lipinski definition) is 0. The van der Waals surface area contributed by atoms with Crippen LogP contribution in [0.2, 0.25) is 0 Å². The van der Waals surface area contributed by atoms with Crippen molar-refractivity contribution in [1.82, 2.24) is 0 Å². The standard InChI is InChI=1S/C19H36/c1-8-15(3)10-11-16(4)14-17(5)12-13-19(7)18(6)9-2/h9,14-16,18-19H,2,8,10-13H2,1,3-7H3. The van der Waals surface area contributed by atoms with Gasteiger partial charge in [-0.2, -0.15) is 0 Å². The van der Waals surface area contributed by atoms with E-state index in [4.69, 9.17) is 0 Å². The highest BCUT2D eigenvalue weighted by molar-refractivity contribution is 5.00. The largest absolute Gasteiger partial charge is 0.103 e. The Balaban J connectivity index is 4.01. The molecule has 0 aromatic rings. The van der Waals surface area contributed by atoms with Crippen molar-refractivity contribution in [2.75, 3.05) is 0 Å². The summed E-state index contributed by atoms with van der Waals surface area (Å²) in [5, 5.41) is 0. The predicted molar refractivity (Wildman–Crippen MR) is 89.4 cm³/mol. The molecule has 0 saturated carbocycles. The van der Waals surface area contributed by atoms with E-state index >= 15 is 0 Å². The topological polar surface area (TPSA) is 0 Å². The highest BCUT2D eigenvalue weighted by Crippen LogP contribution is 2.22. The fourth-order valence-corrected chi connectivity index (χ4v) is 2.35. The molecule has 0 N–H and O–H groups in total. The lowest BCUT2D eigenvalue weighted by Crippen LogP contribution is -2.05. The van der Waals surface area contributed by atoms with Crippen molar-refractivity contribution in [3.63, 3.8) is 0 Å². The van der Waals surface area contributed by atoms with Crippen LogP contribution in [0.3, 0.4) is 0 Å². The smallest absolute Gasteiger partial charge is 0.0239 e. The Kier molecular flexibility index (Phi) is 10.0. The maximum Gasteiger partial charge on any atom is -0.0239 e. The Morgan fingerprint density at radius 2 is 1.68 bits per heavy atom. The third-order valence-corrected chi connectivity index (χ3v) is 4.64. The lowest BCUT2D eigenvalue weighted by molar-refractivity contribution is 0.426. The van der Waals surface area contributed by atoms with Crippen LogP contribution in [0.1, 0.15) is 73.6 Å². The fourth-order valence-electron chi connectivity index (χ4n) is 2.35. The van der Waals surface area contributed by atoms with Crippen LogP contribution >= 0.6 is 0 Å². The van der Waals surface area contributed by atoms with Gasteiger partial charge in [-0.15, -0.1) is 6.58 Å². The number of hydrogen-bond acceptors (Lipinski definition) is 0. The van der Waals surface area contributed by atoms with Gasteiger partial charge in [0.15, 0.2) is 0 Å². The molecule has 4 unspecified atom stereocenters. The molecule has 0 amide bonds. The SMILES string of the molecule is C=CC(C)C(C)CCC(C)=CC(C)CCC(C)CC. The van der Waals surface area contributed by atoms with Gasteiger partial charge >= 0.3 is 0 Å². The first kappa shape index (κ1) is 18.5. The molecular formula is C19H36. The van der Waals surface area contributed by atoms with E-state index in [1.54, 1.807) is 5.57 Å². The predicted octanol–water partition coefficient (Wildman–Crippen LogP) is 6.63. The zero-order valence-corrected chi connectivity index (χ0v) is 14.2. The van der Waals surface area contributed by atoms with E-state index in [0.717, 1.165) is 17.8 Å². The second kappa shape index (κ2) is 10.3. The maximum atomic E-state index is 3.89. The first-order valence-corrected chi connectivity index (χ1v) is 8.20. The van der Waals surface area contributed by atoms with Crippen LogP contribution in [0.15, 0.2) is 24.3 Å². The molecule has 0 aliphatic rings. The summed E-state index contributed by atoms with van der Waals surface area (Å²) in [4.78, 5) is 0. The van der Waals surface area contributed by atoms with Crippen molar-refractivity contribution in [2.45, 2.75) is 73.6 Å². The molecule has 112 valence electrons. The summed E-state index contributed by atoms with van der Waals surface area (Å²) in [5.74, 6) is 3.00. The van der Waals surface area contributed by atoms with E-state index in [9.17, 15) is 0 Å². The minimum absolute atomic E-state index is 0.635. The van der Waals surface area contributed by atoms with Gasteiger partial charge in [0, 0.05) is 0 Å². The molecule has 0 heteroatoms. The van der Waals surface area contributed by atoms with Gasteiger partial charge in [-0.05, 0) is 49.9 Å². The maximum absolute atomic E-state index is 3.89. The quantitative estimate of drug-likeness (QED) is 0.388. The van der Waals surface area contributed by atoms with E-state index < -0.39 is 0 Å². The lowest BCUT2D eigenvalue weighted by Gasteiger charge is -2.17. The Bertz CT molecular complexity index is 261. The van der Waals surface area contributed by atoms with Crippen LogP contribution in [0, 0.1) is 23.7 Å². The van der Waals surface area contributed by atoms with Crippen molar-refractivity contribution in [2.24, 2.45) is 23.7 Å². The molecular weight excluding hydrogens is 228 g/mol. The summed E-state index contributed by atoms with van der Waals surface area (Å²) in [6.45, 7) is 17.8. The third kappa shape index (κ3) is 9.08. The second-order valence-corrected chi connectivity index (χ2v) is 6.69. The van der Waals surface area contributed by atoms with Crippen molar-refractivity contribution < 1.29 is 0 Å². The van der Waals surface area contributed by atoms with Gasteiger partial charge in [0.05, 0.1) is 0 Å². The molecule has 4 atom stereocenters. The average Bonchev–Trinajstić information content (AvgIpc) is 2.40. The summed E-state index contributed by atoms with van der Waals surface area (Å²) in [6, 6.07) is 0. The van der Waals surface area contributed by atoms with Crippen molar-refractivity contribution >= 4 is 0 Å². The molecule has 0 saturated heterocycles. The molecule has 0 fully saturated rings. The fraction of sp³-hybridized carbons (Fsp3) is 0.789. The lowest BCUT2D eigenvalue weighted by atomic mass is 9.89. The van der Waals surface area contributed by atoms with Crippen LogP contribution in [0.5, 0.6) is 0 Å². The molecule has 0 aromatic carbocycles. The van der Waals surface area contributed by atoms with Crippen molar-refractivity contribution in [3.05, 3.63) is 24.3 Å². The molecule has 0 aromatic heterocycles. The van der Waals surface area contributed by atoms with Gasteiger partial charge in [-0.1, -0.05) is 65.2 Å². The van der Waals surface area contributed by atoms with E-state index in [1.165, 1.54) is 32.1 Å². The van der Waals surface area contributed by atoms with Gasteiger partial charge in [-0.25, -0.2) is 0 Å². The molecule has 0 spiro atoms. The molecule has 0 bridgehead atoms. The number of rotatable bonds is 10. The Labute approximate surface area is 122 Å². The summed E-state index contributed by atoms with van der Waals surface area (Å²) in [6.07, 6.45) is 11.1. The van der Waals surface area contributed by atoms with Gasteiger partial charge in [-0.3, -0.25) is 0 Å². The summed E-state index contributed by atoms with van der Waals surface area (Å²) in [7, 11) is 0. The van der Waals surface area contributed by atoms with Gasteiger partial charge in [0.1, 0.15) is 0 Å². The van der Waals surface area contributed by atoms with Crippen molar-refractivity contribution in [1.29, 1.82) is 0 Å². The minimum Gasteiger partial charge on any atom is -0.103 e. The third-order valence-electron chi connectivity index (χ3n) is 4.64. The van der Waals surface area contributed by atoms with Crippen LogP contribution in [-0.4, -0.2) is 0 Å². The van der Waals surface area contributed by atoms with Gasteiger partial charge < -0.3 is 0 Å². The Morgan fingerprint density at radius 1 is 1.05 bits per heavy atom. The minimum atomic E-state index is 0.635. The average molecular weight is 264 g/mol. The van der Waals surface area contributed by atoms with Crippen LogP contribution in [-0.2, 0) is 0 Å². The Hall–Kier alpha value is -0.520. The highest BCUT2D eigenvalue weighted by atomic mass is 14.1. The molecule has 0 rings (SSSR count). The van der Waals surface area contributed by atoms with E-state index in [1.807, 2.05) is 0 Å². The van der Waals surface area contributed by atoms with Crippen LogP contribution < -0.4 is 0 Å². The molecule has 0 aliphatic carbocycles. The van der Waals surface area contributed by atoms with Crippen molar-refractivity contribution in [3.8, 4) is 0 Å². The van der Waals surface area contributed by atoms with E-state index in [-0.39, 0.29) is 0 Å². The van der Waals surface area contributed by atoms with Crippen LogP contribution in [0.4, 0.5) is 0 Å². The molecule has 0 heterocycles. The second-order valence-electron chi connectivity index (χ2n) is 6.69. The number of allylic oxidation sites excluding steroid dienone is 3. The summed E-state index contributed by atoms with van der Waals surface area (Å²) < 4.78 is 0. The molecule has 19 heavy (non-hydrogen) atoms. The molecule has 0 aliphatic heterocycles. The zero-order valence-electron chi connectivity index (χ0n) is 14.2. The zero-order chi connectivity index (χ0) is 14.8. The summed E-state index contributed by atoms with van der Waals surface area (Å²) in [5.41, 5.74) is 1.57. The van der Waals surface area contributed by atoms with Crippen LogP contribution in [0.25, 0.3) is 0 Å². The van der Waals surface area contributed by atoms with E-state index in [2.05, 4.69) is 60.3 Å². The molecule has 0 nitrogen and oxygen atoms in total. The van der Waals surface area contributed by atoms with Gasteiger partial charge in [0.25, 0.3) is 0 Å².